The van der Waals surface area contributed by atoms with Gasteiger partial charge in [0.25, 0.3) is 0 Å². The quantitative estimate of drug-likeness (QED) is 0.0405. The van der Waals surface area contributed by atoms with Crippen molar-refractivity contribution in [2.24, 2.45) is 29.2 Å². The second-order valence-corrected chi connectivity index (χ2v) is 19.9. The van der Waals surface area contributed by atoms with Gasteiger partial charge in [-0.1, -0.05) is 84.0 Å². The van der Waals surface area contributed by atoms with Gasteiger partial charge in [-0.05, 0) is 73.1 Å². The normalized spacial score (nSPS) is 16.4. The van der Waals surface area contributed by atoms with Crippen molar-refractivity contribution in [3.05, 3.63) is 65.7 Å². The topological polar surface area (TPSA) is 408 Å². The van der Waals surface area contributed by atoms with Crippen LogP contribution in [-0.2, 0) is 65.6 Å². The number of nitrogens with two attached hydrogens (primary N) is 2. The second kappa shape index (κ2) is 30.0. The number of benzene rings is 2. The van der Waals surface area contributed by atoms with Gasteiger partial charge in [0, 0.05) is 19.4 Å². The van der Waals surface area contributed by atoms with Gasteiger partial charge in [-0.3, -0.25) is 47.9 Å². The van der Waals surface area contributed by atoms with E-state index < -0.39 is 157 Å². The molecule has 2 aromatic rings. The number of hydrogen-bond acceptors (Lipinski definition) is 14. The Kier molecular flexibility index (Phi) is 24.7. The number of rotatable bonds is 30. The number of primary amides is 1. The summed E-state index contributed by atoms with van der Waals surface area (Å²) in [7, 11) is 0. The fraction of sp³-hybridized carbons (Fsp3) is 0.549. The summed E-state index contributed by atoms with van der Waals surface area (Å²) >= 11 is 0. The third-order valence-corrected chi connectivity index (χ3v) is 12.4. The van der Waals surface area contributed by atoms with Gasteiger partial charge in [-0.2, -0.15) is 0 Å². The first-order valence-electron chi connectivity index (χ1n) is 25.1. The molecule has 0 unspecified atom stereocenters. The largest absolute Gasteiger partial charge is 0.508 e. The van der Waals surface area contributed by atoms with Crippen LogP contribution >= 0.6 is 0 Å². The van der Waals surface area contributed by atoms with Crippen LogP contribution in [0.25, 0.3) is 0 Å². The van der Waals surface area contributed by atoms with Crippen molar-refractivity contribution in [2.75, 3.05) is 13.2 Å². The van der Waals surface area contributed by atoms with E-state index in [1.165, 1.54) is 17.0 Å². The van der Waals surface area contributed by atoms with Crippen molar-refractivity contribution >= 4 is 65.1 Å². The van der Waals surface area contributed by atoms with Crippen LogP contribution < -0.4 is 48.7 Å². The van der Waals surface area contributed by atoms with Gasteiger partial charge in [0.2, 0.25) is 53.2 Å². The number of carboxylic acid groups (broad SMARTS) is 2. The summed E-state index contributed by atoms with van der Waals surface area (Å²) in [6.45, 7) is 8.89. The Balaban J connectivity index is 1.83. The number of carbonyl (C=O) groups excluding carboxylic acids is 9. The molecule has 25 heteroatoms. The van der Waals surface area contributed by atoms with Crippen LogP contribution in [0.5, 0.6) is 5.75 Å². The molecule has 418 valence electrons. The molecular weight excluding hydrogens is 993 g/mol. The summed E-state index contributed by atoms with van der Waals surface area (Å²) in [6.07, 6.45) is -1.53. The molecule has 1 fully saturated rings. The number of nitrogens with one attached hydrogen (secondary N) is 7. The molecule has 25 nitrogen and oxygen atoms in total. The number of phenolic OH excluding ortho intramolecular Hbond substituents is 1. The maximum Gasteiger partial charge on any atom is 0.326 e. The number of aliphatic hydroxyl groups excluding tert-OH is 1. The second-order valence-electron chi connectivity index (χ2n) is 19.9. The highest BCUT2D eigenvalue weighted by Crippen LogP contribution is 2.22. The van der Waals surface area contributed by atoms with E-state index in [0.29, 0.717) is 17.5 Å². The van der Waals surface area contributed by atoms with Crippen molar-refractivity contribution in [3.63, 3.8) is 0 Å². The standard InChI is InChI=1S/C51H74N10O15/c1-26(2)21-34(55-43(67)32(52)22-30-14-16-31(63)17-15-30)45(69)56-36(24-40(65)66)47(71)54-33(18-19-39(53)64)44(68)59-41(27(3)4)50(74)61-20-10-13-38(61)49(73)57-35(23-29-11-8-7-9-12-29)46(70)58-37(25-62)48(72)60-42(28(5)6)51(75)76/h7-9,11-12,14-17,26-28,32-38,41-42,62-63H,10,13,18-25,52H2,1-6H3,(H2,53,64)(H,54,71)(H,55,67)(H,56,69)(H,57,73)(H,58,70)(H,59,68)(H,60,72)(H,65,66)(H,75,76)/t32-,33-,34-,35-,36-,37-,38-,41-,42-/m0/s1. The molecule has 0 radical (unpaired) electrons. The number of aromatic hydroxyl groups is 1. The predicted molar refractivity (Wildman–Crippen MR) is 273 cm³/mol. The average Bonchev–Trinajstić information content (AvgIpc) is 3.85. The zero-order valence-corrected chi connectivity index (χ0v) is 43.6. The minimum Gasteiger partial charge on any atom is -0.508 e. The zero-order valence-electron chi connectivity index (χ0n) is 43.6. The van der Waals surface area contributed by atoms with Crippen molar-refractivity contribution in [2.45, 2.75) is 147 Å². The predicted octanol–water partition coefficient (Wildman–Crippen LogP) is -1.94. The number of phenols is 1. The first kappa shape index (κ1) is 62.6. The number of nitrogens with zero attached hydrogens (tertiary/aromatic N) is 1. The SMILES string of the molecule is CC(C)C[C@H](NC(=O)[C@@H](N)Cc1ccc(O)cc1)C(=O)N[C@@H](CC(=O)O)C(=O)N[C@@H](CCC(N)=O)C(=O)N[C@H](C(=O)N1CCC[C@H]1C(=O)N[C@@H](Cc1ccccc1)C(=O)N[C@@H](CO)C(=O)N[C@H](C(=O)O)C(C)C)C(C)C. The summed E-state index contributed by atoms with van der Waals surface area (Å²) in [6, 6.07) is 1.55. The van der Waals surface area contributed by atoms with E-state index >= 15 is 0 Å². The fourth-order valence-corrected chi connectivity index (χ4v) is 8.25. The Labute approximate surface area is 440 Å². The molecule has 15 N–H and O–H groups in total. The minimum atomic E-state index is -1.84. The molecule has 0 aromatic heterocycles. The molecule has 2 aromatic carbocycles. The number of carbonyl (C=O) groups is 11. The van der Waals surface area contributed by atoms with Crippen LogP contribution in [-0.4, -0.2) is 158 Å². The highest BCUT2D eigenvalue weighted by Gasteiger charge is 2.41. The molecule has 0 aliphatic carbocycles. The maximum absolute atomic E-state index is 14.4. The lowest BCUT2D eigenvalue weighted by molar-refractivity contribution is -0.144. The molecule has 0 bridgehead atoms. The summed E-state index contributed by atoms with van der Waals surface area (Å²) < 4.78 is 0. The molecule has 9 atom stereocenters. The molecule has 1 aliphatic rings. The first-order valence-corrected chi connectivity index (χ1v) is 25.1. The van der Waals surface area contributed by atoms with Gasteiger partial charge in [0.1, 0.15) is 54.1 Å². The van der Waals surface area contributed by atoms with E-state index in [1.807, 2.05) is 0 Å². The molecule has 3 rings (SSSR count). The highest BCUT2D eigenvalue weighted by atomic mass is 16.4. The monoisotopic (exact) mass is 1070 g/mol. The summed E-state index contributed by atoms with van der Waals surface area (Å²) in [5.74, 6) is -12.5. The maximum atomic E-state index is 14.4. The number of likely N-dealkylation sites (tertiary alicyclic amines) is 1. The molecule has 1 saturated heterocycles. The lowest BCUT2D eigenvalue weighted by Crippen LogP contribution is -2.61. The Bertz CT molecular complexity index is 2370. The third-order valence-electron chi connectivity index (χ3n) is 12.4. The van der Waals surface area contributed by atoms with Crippen molar-refractivity contribution < 1.29 is 73.2 Å². The van der Waals surface area contributed by atoms with E-state index in [2.05, 4.69) is 37.2 Å². The molecular formula is C51H74N10O15. The zero-order chi connectivity index (χ0) is 57.0. The van der Waals surface area contributed by atoms with E-state index in [1.54, 1.807) is 84.0 Å². The Morgan fingerprint density at radius 2 is 1.13 bits per heavy atom. The van der Waals surface area contributed by atoms with Crippen molar-refractivity contribution in [1.29, 1.82) is 0 Å². The van der Waals surface area contributed by atoms with Crippen LogP contribution in [0.2, 0.25) is 0 Å². The van der Waals surface area contributed by atoms with Crippen LogP contribution in [0.1, 0.15) is 91.2 Å². The summed E-state index contributed by atoms with van der Waals surface area (Å²) in [5, 5.41) is 56.2. The van der Waals surface area contributed by atoms with Gasteiger partial charge in [0.05, 0.1) is 19.1 Å². The van der Waals surface area contributed by atoms with E-state index in [0.717, 1.165) is 0 Å². The van der Waals surface area contributed by atoms with Crippen LogP contribution in [0.15, 0.2) is 54.6 Å². The van der Waals surface area contributed by atoms with Gasteiger partial charge in [-0.15, -0.1) is 0 Å². The van der Waals surface area contributed by atoms with Crippen molar-refractivity contribution in [3.8, 4) is 5.75 Å². The Morgan fingerprint density at radius 3 is 1.68 bits per heavy atom. The fourth-order valence-electron chi connectivity index (χ4n) is 8.25. The van der Waals surface area contributed by atoms with E-state index in [4.69, 9.17) is 11.5 Å². The Morgan fingerprint density at radius 1 is 0.618 bits per heavy atom. The molecule has 0 spiro atoms. The highest BCUT2D eigenvalue weighted by molar-refractivity contribution is 5.99. The first-order chi connectivity index (χ1) is 35.7. The molecule has 9 amide bonds. The molecule has 0 saturated carbocycles. The third kappa shape index (κ3) is 19.9. The van der Waals surface area contributed by atoms with Crippen LogP contribution in [0.3, 0.4) is 0 Å². The summed E-state index contributed by atoms with van der Waals surface area (Å²) in [4.78, 5) is 147. The number of hydrogen-bond donors (Lipinski definition) is 13. The molecule has 76 heavy (non-hydrogen) atoms. The van der Waals surface area contributed by atoms with Gasteiger partial charge in [0.15, 0.2) is 0 Å². The van der Waals surface area contributed by atoms with Gasteiger partial charge >= 0.3 is 11.9 Å². The number of aliphatic carboxylic acids is 2. The number of carboxylic acids is 2. The number of aliphatic hydroxyl groups is 1. The minimum absolute atomic E-state index is 0.00115. The van der Waals surface area contributed by atoms with Gasteiger partial charge in [-0.25, -0.2) is 4.79 Å². The smallest absolute Gasteiger partial charge is 0.326 e. The Hall–Kier alpha value is -7.67. The molecule has 1 aliphatic heterocycles. The van der Waals surface area contributed by atoms with E-state index in [-0.39, 0.29) is 43.9 Å². The van der Waals surface area contributed by atoms with Crippen LogP contribution in [0.4, 0.5) is 0 Å². The van der Waals surface area contributed by atoms with E-state index in [9.17, 15) is 73.2 Å². The van der Waals surface area contributed by atoms with Crippen LogP contribution in [0, 0.1) is 17.8 Å². The number of amides is 9. The lowest BCUT2D eigenvalue weighted by Gasteiger charge is -2.32. The summed E-state index contributed by atoms with van der Waals surface area (Å²) in [5.41, 5.74) is 12.7. The lowest BCUT2D eigenvalue weighted by atomic mass is 10.00. The van der Waals surface area contributed by atoms with Crippen molar-refractivity contribution in [1.82, 2.24) is 42.1 Å². The van der Waals surface area contributed by atoms with Gasteiger partial charge < -0.3 is 74.0 Å². The average molecular weight is 1070 g/mol. The molecule has 1 heterocycles.